The van der Waals surface area contributed by atoms with E-state index >= 15 is 0 Å². The van der Waals surface area contributed by atoms with Gasteiger partial charge in [-0.3, -0.25) is 4.79 Å². The summed E-state index contributed by atoms with van der Waals surface area (Å²) in [5, 5.41) is 0. The molecule has 0 fully saturated rings. The molecule has 0 aromatic carbocycles. The van der Waals surface area contributed by atoms with Crippen LogP contribution in [0, 0.1) is 23.2 Å². The van der Waals surface area contributed by atoms with Crippen molar-refractivity contribution in [1.82, 2.24) is 0 Å². The molecule has 4 unspecified atom stereocenters. The van der Waals surface area contributed by atoms with Crippen LogP contribution in [-0.2, 0) is 9.53 Å². The Hall–Kier alpha value is -0.530. The van der Waals surface area contributed by atoms with Gasteiger partial charge in [-0.15, -0.1) is 0 Å². The molecule has 0 aromatic rings. The normalized spacial score (nSPS) is 19.3. The van der Waals surface area contributed by atoms with Crippen molar-refractivity contribution in [3.63, 3.8) is 0 Å². The summed E-state index contributed by atoms with van der Waals surface area (Å²) in [6.07, 6.45) is 0.461. The van der Waals surface area contributed by atoms with Gasteiger partial charge in [-0.2, -0.15) is 0 Å². The quantitative estimate of drug-likeness (QED) is 0.672. The van der Waals surface area contributed by atoms with Gasteiger partial charge < -0.3 is 4.74 Å². The largest absolute Gasteiger partial charge is 0.462 e. The molecule has 0 bridgehead atoms. The fourth-order valence-electron chi connectivity index (χ4n) is 2.07. The maximum absolute atomic E-state index is 11.3. The first kappa shape index (κ1) is 16.5. The number of carbonyl (C=O) groups excluding carboxylic acids is 1. The Morgan fingerprint density at radius 3 is 1.88 bits per heavy atom. The second-order valence-corrected chi connectivity index (χ2v) is 6.42. The van der Waals surface area contributed by atoms with E-state index in [9.17, 15) is 4.79 Å². The monoisotopic (exact) mass is 242 g/mol. The van der Waals surface area contributed by atoms with Crippen molar-refractivity contribution in [2.24, 2.45) is 23.2 Å². The zero-order chi connectivity index (χ0) is 13.8. The summed E-state index contributed by atoms with van der Waals surface area (Å²) in [5.74, 6) is 1.43. The van der Waals surface area contributed by atoms with Crippen LogP contribution in [0.4, 0.5) is 0 Å². The first-order valence-corrected chi connectivity index (χ1v) is 6.80. The highest BCUT2D eigenvalue weighted by Crippen LogP contribution is 2.36. The second-order valence-electron chi connectivity index (χ2n) is 6.42. The van der Waals surface area contributed by atoms with Crippen LogP contribution in [-0.4, -0.2) is 12.1 Å². The minimum Gasteiger partial charge on any atom is -0.462 e. The van der Waals surface area contributed by atoms with Gasteiger partial charge in [0, 0.05) is 6.42 Å². The molecule has 17 heavy (non-hydrogen) atoms. The minimum atomic E-state index is -0.0973. The molecule has 2 nitrogen and oxygen atoms in total. The summed E-state index contributed by atoms with van der Waals surface area (Å²) in [6, 6.07) is 0. The lowest BCUT2D eigenvalue weighted by atomic mass is 9.70. The fraction of sp³-hybridized carbons (Fsp3) is 0.933. The maximum atomic E-state index is 11.3. The van der Waals surface area contributed by atoms with Crippen molar-refractivity contribution >= 4 is 5.97 Å². The van der Waals surface area contributed by atoms with E-state index in [4.69, 9.17) is 4.74 Å². The van der Waals surface area contributed by atoms with Crippen molar-refractivity contribution < 1.29 is 9.53 Å². The molecule has 0 aliphatic rings. The number of esters is 1. The summed E-state index contributed by atoms with van der Waals surface area (Å²) < 4.78 is 5.41. The van der Waals surface area contributed by atoms with Gasteiger partial charge in [0.25, 0.3) is 0 Å². The molecule has 0 amide bonds. The zero-order valence-electron chi connectivity index (χ0n) is 12.8. The number of ether oxygens (including phenoxy) is 1. The van der Waals surface area contributed by atoms with Gasteiger partial charge in [0.15, 0.2) is 0 Å². The van der Waals surface area contributed by atoms with Crippen LogP contribution < -0.4 is 0 Å². The Balaban J connectivity index is 4.48. The van der Waals surface area contributed by atoms with Crippen LogP contribution in [0.15, 0.2) is 0 Å². The molecule has 0 N–H and O–H groups in total. The molecule has 0 radical (unpaired) electrons. The summed E-state index contributed by atoms with van der Waals surface area (Å²) in [5.41, 5.74) is 0.294. The first-order valence-electron chi connectivity index (χ1n) is 6.80. The van der Waals surface area contributed by atoms with Crippen LogP contribution in [0.3, 0.4) is 0 Å². The van der Waals surface area contributed by atoms with Crippen molar-refractivity contribution in [2.75, 3.05) is 0 Å². The van der Waals surface area contributed by atoms with Crippen molar-refractivity contribution in [1.29, 1.82) is 0 Å². The van der Waals surface area contributed by atoms with Crippen LogP contribution >= 0.6 is 0 Å². The molecular weight excluding hydrogens is 212 g/mol. The highest BCUT2D eigenvalue weighted by Gasteiger charge is 2.32. The Morgan fingerprint density at radius 1 is 1.06 bits per heavy atom. The van der Waals surface area contributed by atoms with E-state index in [0.717, 1.165) is 0 Å². The van der Waals surface area contributed by atoms with E-state index in [1.54, 1.807) is 0 Å². The minimum absolute atomic E-state index is 0.00208. The average molecular weight is 242 g/mol. The second kappa shape index (κ2) is 6.42. The lowest BCUT2D eigenvalue weighted by Gasteiger charge is -2.37. The highest BCUT2D eigenvalue weighted by atomic mass is 16.5. The Bertz CT molecular complexity index is 240. The van der Waals surface area contributed by atoms with Gasteiger partial charge >= 0.3 is 5.97 Å². The summed E-state index contributed by atoms with van der Waals surface area (Å²) in [6.45, 7) is 17.4. The highest BCUT2D eigenvalue weighted by molar-refractivity contribution is 5.69. The number of hydrogen-bond acceptors (Lipinski definition) is 2. The van der Waals surface area contributed by atoms with Crippen LogP contribution in [0.5, 0.6) is 0 Å². The third-order valence-electron chi connectivity index (χ3n) is 4.33. The molecule has 0 heterocycles. The third kappa shape index (κ3) is 5.10. The van der Waals surface area contributed by atoms with E-state index in [2.05, 4.69) is 41.5 Å². The van der Waals surface area contributed by atoms with E-state index in [1.807, 2.05) is 13.8 Å². The maximum Gasteiger partial charge on any atom is 0.305 e. The Morgan fingerprint density at radius 2 is 1.53 bits per heavy atom. The molecule has 102 valence electrons. The standard InChI is InChI=1S/C15H30O2/c1-9-14(16)17-13(5)11(3)10(2)12(4)15(6,7)8/h10-13H,9H2,1-8H3. The van der Waals surface area contributed by atoms with Crippen molar-refractivity contribution in [2.45, 2.75) is 67.9 Å². The molecular formula is C15H30O2. The SMILES string of the molecule is CCC(=O)OC(C)C(C)C(C)C(C)C(C)(C)C. The van der Waals surface area contributed by atoms with Gasteiger partial charge in [-0.05, 0) is 30.1 Å². The van der Waals surface area contributed by atoms with Gasteiger partial charge in [-0.25, -0.2) is 0 Å². The van der Waals surface area contributed by atoms with Crippen LogP contribution in [0.25, 0.3) is 0 Å². The van der Waals surface area contributed by atoms with E-state index in [0.29, 0.717) is 29.6 Å². The molecule has 2 heteroatoms. The smallest absolute Gasteiger partial charge is 0.305 e. The van der Waals surface area contributed by atoms with Crippen LogP contribution in [0.2, 0.25) is 0 Å². The topological polar surface area (TPSA) is 26.3 Å². The number of carbonyl (C=O) groups is 1. The molecule has 4 atom stereocenters. The summed E-state index contributed by atoms with van der Waals surface area (Å²) in [4.78, 5) is 11.3. The fourth-order valence-corrected chi connectivity index (χ4v) is 2.07. The van der Waals surface area contributed by atoms with Gasteiger partial charge in [0.1, 0.15) is 6.10 Å². The van der Waals surface area contributed by atoms with Crippen molar-refractivity contribution in [3.05, 3.63) is 0 Å². The molecule has 0 aromatic heterocycles. The molecule has 0 spiro atoms. The van der Waals surface area contributed by atoms with Crippen LogP contribution in [0.1, 0.15) is 61.8 Å². The van der Waals surface area contributed by atoms with E-state index in [-0.39, 0.29) is 12.1 Å². The number of rotatable bonds is 5. The van der Waals surface area contributed by atoms with Crippen molar-refractivity contribution in [3.8, 4) is 0 Å². The van der Waals surface area contributed by atoms with Gasteiger partial charge in [0.05, 0.1) is 0 Å². The predicted octanol–water partition coefficient (Wildman–Crippen LogP) is 4.28. The third-order valence-corrected chi connectivity index (χ3v) is 4.33. The molecule has 0 saturated heterocycles. The molecule has 0 rings (SSSR count). The van der Waals surface area contributed by atoms with Gasteiger partial charge in [0.2, 0.25) is 0 Å². The average Bonchev–Trinajstić information content (AvgIpc) is 2.24. The Labute approximate surface area is 107 Å². The summed E-state index contributed by atoms with van der Waals surface area (Å²) in [7, 11) is 0. The molecule has 0 saturated carbocycles. The molecule has 0 aliphatic heterocycles. The predicted molar refractivity (Wildman–Crippen MR) is 72.8 cm³/mol. The number of hydrogen-bond donors (Lipinski definition) is 0. The first-order chi connectivity index (χ1) is 7.61. The molecule has 0 aliphatic carbocycles. The zero-order valence-corrected chi connectivity index (χ0v) is 12.8. The summed E-state index contributed by atoms with van der Waals surface area (Å²) >= 11 is 0. The van der Waals surface area contributed by atoms with E-state index in [1.165, 1.54) is 0 Å². The van der Waals surface area contributed by atoms with E-state index < -0.39 is 0 Å². The lowest BCUT2D eigenvalue weighted by Crippen LogP contribution is -2.34. The Kier molecular flexibility index (Phi) is 6.22. The van der Waals surface area contributed by atoms with Gasteiger partial charge in [-0.1, -0.05) is 48.5 Å². The lowest BCUT2D eigenvalue weighted by molar-refractivity contribution is -0.151.